The molecule has 1 aromatic carbocycles. The van der Waals surface area contributed by atoms with Crippen LogP contribution in [-0.4, -0.2) is 28.5 Å². The molecule has 0 saturated heterocycles. The molecule has 0 radical (unpaired) electrons. The quantitative estimate of drug-likeness (QED) is 0.722. The number of nitrogens with one attached hydrogen (secondary N) is 3. The first-order valence-corrected chi connectivity index (χ1v) is 7.39. The fourth-order valence-electron chi connectivity index (χ4n) is 2.67. The molecule has 21 heavy (non-hydrogen) atoms. The van der Waals surface area contributed by atoms with Gasteiger partial charge in [0.1, 0.15) is 5.82 Å². The van der Waals surface area contributed by atoms with Crippen LogP contribution in [0.25, 0.3) is 0 Å². The van der Waals surface area contributed by atoms with Gasteiger partial charge in [-0.1, -0.05) is 24.3 Å². The van der Waals surface area contributed by atoms with Crippen molar-refractivity contribution in [3.8, 4) is 0 Å². The van der Waals surface area contributed by atoms with Gasteiger partial charge in [0.05, 0.1) is 6.04 Å². The van der Waals surface area contributed by atoms with Gasteiger partial charge in [0.15, 0.2) is 0 Å². The van der Waals surface area contributed by atoms with Gasteiger partial charge in [-0.3, -0.25) is 4.79 Å². The maximum atomic E-state index is 12.2. The van der Waals surface area contributed by atoms with Crippen LogP contribution in [0.2, 0.25) is 0 Å². The van der Waals surface area contributed by atoms with Crippen LogP contribution in [0.3, 0.4) is 0 Å². The van der Waals surface area contributed by atoms with Crippen molar-refractivity contribution in [2.24, 2.45) is 0 Å². The first-order chi connectivity index (χ1) is 10.3. The lowest BCUT2D eigenvalue weighted by Gasteiger charge is -2.25. The van der Waals surface area contributed by atoms with Crippen molar-refractivity contribution in [1.82, 2.24) is 20.6 Å². The summed E-state index contributed by atoms with van der Waals surface area (Å²) < 4.78 is 0. The fraction of sp³-hybridized carbons (Fsp3) is 0.375. The number of hydrogen-bond acceptors (Lipinski definition) is 3. The standard InChI is InChI=1S/C16H20N4O/c21-16(19-7-3-6-15-17-8-9-18-15)14-10-12-4-1-2-5-13(12)11-20-14/h1-2,4-5,8-9,14,20H,3,6-7,10-11H2,(H,17,18)(H,19,21)/t14-/m0/s1. The minimum absolute atomic E-state index is 0.0870. The highest BCUT2D eigenvalue weighted by atomic mass is 16.2. The number of aromatic nitrogens is 2. The van der Waals surface area contributed by atoms with E-state index in [4.69, 9.17) is 0 Å². The Bertz CT molecular complexity index is 594. The molecule has 3 N–H and O–H groups in total. The van der Waals surface area contributed by atoms with Crippen LogP contribution in [0.4, 0.5) is 0 Å². The van der Waals surface area contributed by atoms with Crippen molar-refractivity contribution < 1.29 is 4.79 Å². The molecular weight excluding hydrogens is 264 g/mol. The predicted octanol–water partition coefficient (Wildman–Crippen LogP) is 1.17. The molecule has 1 amide bonds. The minimum atomic E-state index is -0.122. The lowest BCUT2D eigenvalue weighted by molar-refractivity contribution is -0.123. The third kappa shape index (κ3) is 3.49. The molecule has 0 unspecified atom stereocenters. The van der Waals surface area contributed by atoms with Crippen molar-refractivity contribution in [2.45, 2.75) is 31.8 Å². The second kappa shape index (κ2) is 6.54. The number of carbonyl (C=O) groups is 1. The summed E-state index contributed by atoms with van der Waals surface area (Å²) >= 11 is 0. The zero-order valence-corrected chi connectivity index (χ0v) is 11.9. The van der Waals surface area contributed by atoms with E-state index in [0.717, 1.165) is 31.6 Å². The molecule has 0 fully saturated rings. The second-order valence-corrected chi connectivity index (χ2v) is 5.34. The van der Waals surface area contributed by atoms with Crippen molar-refractivity contribution in [1.29, 1.82) is 0 Å². The highest BCUT2D eigenvalue weighted by molar-refractivity contribution is 5.82. The van der Waals surface area contributed by atoms with E-state index >= 15 is 0 Å². The van der Waals surface area contributed by atoms with Crippen molar-refractivity contribution in [3.05, 3.63) is 53.6 Å². The number of H-pyrrole nitrogens is 1. The van der Waals surface area contributed by atoms with Crippen LogP contribution in [0.1, 0.15) is 23.4 Å². The van der Waals surface area contributed by atoms with Crippen LogP contribution in [-0.2, 0) is 24.2 Å². The number of hydrogen-bond donors (Lipinski definition) is 3. The van der Waals surface area contributed by atoms with E-state index in [2.05, 4.69) is 32.7 Å². The van der Waals surface area contributed by atoms with Crippen LogP contribution < -0.4 is 10.6 Å². The molecule has 0 bridgehead atoms. The molecular formula is C16H20N4O. The summed E-state index contributed by atoms with van der Waals surface area (Å²) in [5, 5.41) is 6.30. The summed E-state index contributed by atoms with van der Waals surface area (Å²) in [4.78, 5) is 19.4. The van der Waals surface area contributed by atoms with Crippen LogP contribution in [0, 0.1) is 0 Å². The largest absolute Gasteiger partial charge is 0.355 e. The summed E-state index contributed by atoms with van der Waals surface area (Å²) in [6.45, 7) is 1.44. The van der Waals surface area contributed by atoms with Gasteiger partial charge in [0, 0.05) is 31.9 Å². The number of aromatic amines is 1. The Hall–Kier alpha value is -2.14. The maximum Gasteiger partial charge on any atom is 0.237 e. The van der Waals surface area contributed by atoms with E-state index in [1.165, 1.54) is 11.1 Å². The number of carbonyl (C=O) groups excluding carboxylic acids is 1. The molecule has 5 nitrogen and oxygen atoms in total. The molecule has 5 heteroatoms. The van der Waals surface area contributed by atoms with E-state index in [1.807, 2.05) is 18.3 Å². The van der Waals surface area contributed by atoms with Crippen molar-refractivity contribution >= 4 is 5.91 Å². The van der Waals surface area contributed by atoms with Crippen LogP contribution >= 0.6 is 0 Å². The van der Waals surface area contributed by atoms with Gasteiger partial charge in [-0.05, 0) is 24.0 Å². The van der Waals surface area contributed by atoms with Crippen molar-refractivity contribution in [3.63, 3.8) is 0 Å². The first kappa shape index (κ1) is 13.8. The Balaban J connectivity index is 1.44. The molecule has 0 aliphatic carbocycles. The average molecular weight is 284 g/mol. The number of imidazole rings is 1. The van der Waals surface area contributed by atoms with Gasteiger partial charge in [-0.15, -0.1) is 0 Å². The second-order valence-electron chi connectivity index (χ2n) is 5.34. The monoisotopic (exact) mass is 284 g/mol. The SMILES string of the molecule is O=C(NCCCc1ncc[nH]1)[C@@H]1Cc2ccccc2CN1. The Morgan fingerprint density at radius 1 is 1.33 bits per heavy atom. The molecule has 2 heterocycles. The Labute approximate surface area is 124 Å². The van der Waals surface area contributed by atoms with E-state index in [9.17, 15) is 4.79 Å². The minimum Gasteiger partial charge on any atom is -0.355 e. The number of fused-ring (bicyclic) bond motifs is 1. The normalized spacial score (nSPS) is 17.2. The zero-order valence-electron chi connectivity index (χ0n) is 11.9. The highest BCUT2D eigenvalue weighted by Gasteiger charge is 2.23. The number of benzene rings is 1. The highest BCUT2D eigenvalue weighted by Crippen LogP contribution is 2.16. The molecule has 1 aliphatic rings. The number of nitrogens with zero attached hydrogens (tertiary/aromatic N) is 1. The third-order valence-electron chi connectivity index (χ3n) is 3.84. The van der Waals surface area contributed by atoms with Gasteiger partial charge >= 0.3 is 0 Å². The lowest BCUT2D eigenvalue weighted by Crippen LogP contribution is -2.47. The number of rotatable bonds is 5. The van der Waals surface area contributed by atoms with Crippen molar-refractivity contribution in [2.75, 3.05) is 6.54 Å². The summed E-state index contributed by atoms with van der Waals surface area (Å²) in [7, 11) is 0. The topological polar surface area (TPSA) is 69.8 Å². The van der Waals surface area contributed by atoms with Crippen LogP contribution in [0.15, 0.2) is 36.7 Å². The first-order valence-electron chi connectivity index (χ1n) is 7.39. The molecule has 0 spiro atoms. The molecule has 2 aromatic rings. The van der Waals surface area contributed by atoms with Gasteiger partial charge in [0.25, 0.3) is 0 Å². The Morgan fingerprint density at radius 2 is 2.19 bits per heavy atom. The van der Waals surface area contributed by atoms with Gasteiger partial charge in [-0.2, -0.15) is 0 Å². The maximum absolute atomic E-state index is 12.2. The van der Waals surface area contributed by atoms with Crippen LogP contribution in [0.5, 0.6) is 0 Å². The fourth-order valence-corrected chi connectivity index (χ4v) is 2.67. The smallest absolute Gasteiger partial charge is 0.237 e. The molecule has 1 atom stereocenters. The zero-order chi connectivity index (χ0) is 14.5. The van der Waals surface area contributed by atoms with E-state index < -0.39 is 0 Å². The van der Waals surface area contributed by atoms with E-state index in [0.29, 0.717) is 6.54 Å². The van der Waals surface area contributed by atoms with Gasteiger partial charge in [0.2, 0.25) is 5.91 Å². The van der Waals surface area contributed by atoms with E-state index in [-0.39, 0.29) is 11.9 Å². The molecule has 3 rings (SSSR count). The Morgan fingerprint density at radius 3 is 3.00 bits per heavy atom. The molecule has 1 aliphatic heterocycles. The number of aryl methyl sites for hydroxylation is 1. The predicted molar refractivity (Wildman–Crippen MR) is 80.7 cm³/mol. The van der Waals surface area contributed by atoms with Gasteiger partial charge in [-0.25, -0.2) is 4.98 Å². The molecule has 1 aromatic heterocycles. The lowest BCUT2D eigenvalue weighted by atomic mass is 9.95. The third-order valence-corrected chi connectivity index (χ3v) is 3.84. The van der Waals surface area contributed by atoms with E-state index in [1.54, 1.807) is 6.20 Å². The molecule has 0 saturated carbocycles. The number of amides is 1. The summed E-state index contributed by atoms with van der Waals surface area (Å²) in [5.74, 6) is 1.05. The summed E-state index contributed by atoms with van der Waals surface area (Å²) in [5.41, 5.74) is 2.56. The summed E-state index contributed by atoms with van der Waals surface area (Å²) in [6, 6.07) is 8.16. The Kier molecular flexibility index (Phi) is 4.31. The average Bonchev–Trinajstić information content (AvgIpc) is 3.04. The summed E-state index contributed by atoms with van der Waals surface area (Å²) in [6.07, 6.45) is 6.07. The van der Waals surface area contributed by atoms with Gasteiger partial charge < -0.3 is 15.6 Å². The molecule has 110 valence electrons.